The van der Waals surface area contributed by atoms with Crippen LogP contribution in [-0.2, 0) is 6.61 Å². The van der Waals surface area contributed by atoms with Gasteiger partial charge in [-0.15, -0.1) is 0 Å². The van der Waals surface area contributed by atoms with E-state index in [4.69, 9.17) is 4.74 Å². The van der Waals surface area contributed by atoms with Crippen molar-refractivity contribution in [3.05, 3.63) is 48.5 Å². The lowest BCUT2D eigenvalue weighted by atomic mass is 10.3. The lowest BCUT2D eigenvalue weighted by Crippen LogP contribution is -2.27. The molecule has 1 aliphatic rings. The standard InChI is InChI=1S/C16H20N4O/c1-3-14(10-18-4-1)13-21-16-9-15(11-19-12-16)20-7-2-5-17-6-8-20/h1,3-4,9-12,17H,2,5-8,13H2. The van der Waals surface area contributed by atoms with Gasteiger partial charge in [0.1, 0.15) is 12.4 Å². The Kier molecular flexibility index (Phi) is 4.63. The van der Waals surface area contributed by atoms with Crippen LogP contribution >= 0.6 is 0 Å². The van der Waals surface area contributed by atoms with Gasteiger partial charge < -0.3 is 15.0 Å². The minimum Gasteiger partial charge on any atom is -0.487 e. The van der Waals surface area contributed by atoms with Crippen LogP contribution in [0.4, 0.5) is 5.69 Å². The Morgan fingerprint density at radius 1 is 1.14 bits per heavy atom. The fraction of sp³-hybridized carbons (Fsp3) is 0.375. The number of ether oxygens (including phenoxy) is 1. The van der Waals surface area contributed by atoms with Crippen molar-refractivity contribution >= 4 is 5.69 Å². The summed E-state index contributed by atoms with van der Waals surface area (Å²) in [6, 6.07) is 5.98. The first-order chi connectivity index (χ1) is 10.4. The fourth-order valence-corrected chi connectivity index (χ4v) is 2.41. The average molecular weight is 284 g/mol. The smallest absolute Gasteiger partial charge is 0.140 e. The predicted octanol–water partition coefficient (Wildman–Crippen LogP) is 1.86. The van der Waals surface area contributed by atoms with Crippen LogP contribution in [0.25, 0.3) is 0 Å². The summed E-state index contributed by atoms with van der Waals surface area (Å²) < 4.78 is 5.81. The zero-order chi connectivity index (χ0) is 14.3. The summed E-state index contributed by atoms with van der Waals surface area (Å²) >= 11 is 0. The Morgan fingerprint density at radius 2 is 2.14 bits per heavy atom. The van der Waals surface area contributed by atoms with Crippen LogP contribution in [0.2, 0.25) is 0 Å². The molecule has 3 rings (SSSR count). The van der Waals surface area contributed by atoms with Gasteiger partial charge in [0.15, 0.2) is 0 Å². The van der Waals surface area contributed by atoms with E-state index in [1.54, 1.807) is 12.4 Å². The average Bonchev–Trinajstić information content (AvgIpc) is 2.83. The monoisotopic (exact) mass is 284 g/mol. The molecule has 1 fully saturated rings. The van der Waals surface area contributed by atoms with E-state index in [1.807, 2.05) is 24.5 Å². The van der Waals surface area contributed by atoms with E-state index < -0.39 is 0 Å². The van der Waals surface area contributed by atoms with E-state index in [0.29, 0.717) is 6.61 Å². The van der Waals surface area contributed by atoms with Gasteiger partial charge in [-0.1, -0.05) is 6.07 Å². The van der Waals surface area contributed by atoms with Gasteiger partial charge in [0.05, 0.1) is 18.1 Å². The maximum absolute atomic E-state index is 5.81. The summed E-state index contributed by atoms with van der Waals surface area (Å²) in [6.45, 7) is 4.68. The fourth-order valence-electron chi connectivity index (χ4n) is 2.41. The van der Waals surface area contributed by atoms with E-state index in [1.165, 1.54) is 0 Å². The number of pyridine rings is 2. The number of nitrogens with one attached hydrogen (secondary N) is 1. The molecule has 2 aromatic rings. The molecule has 110 valence electrons. The second kappa shape index (κ2) is 7.04. The number of hydrogen-bond acceptors (Lipinski definition) is 5. The van der Waals surface area contributed by atoms with Crippen molar-refractivity contribution < 1.29 is 4.74 Å². The van der Waals surface area contributed by atoms with Gasteiger partial charge in [-0.25, -0.2) is 0 Å². The normalized spacial score (nSPS) is 15.5. The molecule has 5 nitrogen and oxygen atoms in total. The van der Waals surface area contributed by atoms with Crippen molar-refractivity contribution in [2.75, 3.05) is 31.1 Å². The van der Waals surface area contributed by atoms with Gasteiger partial charge in [0.2, 0.25) is 0 Å². The molecule has 1 saturated heterocycles. The summed E-state index contributed by atoms with van der Waals surface area (Å²) in [7, 11) is 0. The minimum atomic E-state index is 0.514. The molecule has 0 radical (unpaired) electrons. The summed E-state index contributed by atoms with van der Waals surface area (Å²) in [5, 5.41) is 3.41. The maximum atomic E-state index is 5.81. The predicted molar refractivity (Wildman–Crippen MR) is 82.5 cm³/mol. The Morgan fingerprint density at radius 3 is 3.05 bits per heavy atom. The Balaban J connectivity index is 1.65. The molecule has 0 amide bonds. The molecule has 0 aromatic carbocycles. The molecule has 5 heteroatoms. The van der Waals surface area contributed by atoms with Crippen LogP contribution < -0.4 is 15.0 Å². The quantitative estimate of drug-likeness (QED) is 0.928. The van der Waals surface area contributed by atoms with Gasteiger partial charge in [-0.2, -0.15) is 0 Å². The highest BCUT2D eigenvalue weighted by Gasteiger charge is 2.10. The highest BCUT2D eigenvalue weighted by Crippen LogP contribution is 2.20. The molecule has 1 aliphatic heterocycles. The highest BCUT2D eigenvalue weighted by molar-refractivity contribution is 5.48. The minimum absolute atomic E-state index is 0.514. The van der Waals surface area contributed by atoms with E-state index in [2.05, 4.69) is 26.3 Å². The van der Waals surface area contributed by atoms with Gasteiger partial charge in [0, 0.05) is 43.7 Å². The van der Waals surface area contributed by atoms with Gasteiger partial charge >= 0.3 is 0 Å². The van der Waals surface area contributed by atoms with Crippen molar-refractivity contribution in [2.24, 2.45) is 0 Å². The SMILES string of the molecule is c1cncc(COc2cncc(N3CCCNCC3)c2)c1. The van der Waals surface area contributed by atoms with Gasteiger partial charge in [-0.3, -0.25) is 9.97 Å². The second-order valence-corrected chi connectivity index (χ2v) is 5.12. The Hall–Kier alpha value is -2.14. The molecule has 1 N–H and O–H groups in total. The Labute approximate surface area is 125 Å². The molecule has 0 aliphatic carbocycles. The number of rotatable bonds is 4. The number of aromatic nitrogens is 2. The first-order valence-corrected chi connectivity index (χ1v) is 7.34. The molecule has 2 aromatic heterocycles. The molecule has 0 atom stereocenters. The number of anilines is 1. The van der Waals surface area contributed by atoms with Crippen LogP contribution in [0.15, 0.2) is 43.0 Å². The molecule has 0 spiro atoms. The van der Waals surface area contributed by atoms with Crippen LogP contribution in [0.5, 0.6) is 5.75 Å². The van der Waals surface area contributed by atoms with E-state index in [0.717, 1.165) is 49.6 Å². The van der Waals surface area contributed by atoms with E-state index >= 15 is 0 Å². The highest BCUT2D eigenvalue weighted by atomic mass is 16.5. The summed E-state index contributed by atoms with van der Waals surface area (Å²) in [5.74, 6) is 0.800. The van der Waals surface area contributed by atoms with Crippen LogP contribution in [-0.4, -0.2) is 36.1 Å². The van der Waals surface area contributed by atoms with Gasteiger partial charge in [0.25, 0.3) is 0 Å². The molecule has 0 saturated carbocycles. The molecular formula is C16H20N4O. The third-order valence-corrected chi connectivity index (χ3v) is 3.53. The molecule has 21 heavy (non-hydrogen) atoms. The largest absolute Gasteiger partial charge is 0.487 e. The third kappa shape index (κ3) is 3.92. The summed E-state index contributed by atoms with van der Waals surface area (Å²) in [4.78, 5) is 10.7. The molecular weight excluding hydrogens is 264 g/mol. The van der Waals surface area contributed by atoms with Gasteiger partial charge in [-0.05, 0) is 19.0 Å². The lowest BCUT2D eigenvalue weighted by molar-refractivity contribution is 0.304. The third-order valence-electron chi connectivity index (χ3n) is 3.53. The van der Waals surface area contributed by atoms with E-state index in [9.17, 15) is 0 Å². The number of hydrogen-bond donors (Lipinski definition) is 1. The van der Waals surface area contributed by atoms with Crippen LogP contribution in [0.3, 0.4) is 0 Å². The summed E-state index contributed by atoms with van der Waals surface area (Å²) in [6.07, 6.45) is 8.40. The lowest BCUT2D eigenvalue weighted by Gasteiger charge is -2.22. The Bertz CT molecular complexity index is 553. The second-order valence-electron chi connectivity index (χ2n) is 5.12. The van der Waals surface area contributed by atoms with Crippen molar-refractivity contribution in [3.63, 3.8) is 0 Å². The van der Waals surface area contributed by atoms with Crippen molar-refractivity contribution in [3.8, 4) is 5.75 Å². The van der Waals surface area contributed by atoms with Crippen LogP contribution in [0.1, 0.15) is 12.0 Å². The van der Waals surface area contributed by atoms with Crippen LogP contribution in [0, 0.1) is 0 Å². The van der Waals surface area contributed by atoms with E-state index in [-0.39, 0.29) is 0 Å². The van der Waals surface area contributed by atoms with Crippen molar-refractivity contribution in [1.82, 2.24) is 15.3 Å². The number of nitrogens with zero attached hydrogens (tertiary/aromatic N) is 3. The first-order valence-electron chi connectivity index (χ1n) is 7.34. The van der Waals surface area contributed by atoms with Crippen molar-refractivity contribution in [2.45, 2.75) is 13.0 Å². The summed E-state index contributed by atoms with van der Waals surface area (Å²) in [5.41, 5.74) is 2.18. The maximum Gasteiger partial charge on any atom is 0.140 e. The van der Waals surface area contributed by atoms with Crippen molar-refractivity contribution in [1.29, 1.82) is 0 Å². The molecule has 0 bridgehead atoms. The zero-order valence-electron chi connectivity index (χ0n) is 12.0. The zero-order valence-corrected chi connectivity index (χ0v) is 12.0. The molecule has 0 unspecified atom stereocenters. The topological polar surface area (TPSA) is 50.3 Å². The molecule has 3 heterocycles. The first kappa shape index (κ1) is 13.8.